The monoisotopic (exact) mass is 281 g/mol. The van der Waals surface area contributed by atoms with E-state index in [4.69, 9.17) is 46.4 Å². The van der Waals surface area contributed by atoms with Crippen LogP contribution >= 0.6 is 46.4 Å². The maximum Gasteiger partial charge on any atom is 0.229 e. The fraction of sp³-hybridized carbons (Fsp3) is 0. The Balaban J connectivity index is 2.64. The van der Waals surface area contributed by atoms with Gasteiger partial charge >= 0.3 is 0 Å². The number of hydrogen-bond donors (Lipinski definition) is 0. The van der Waals surface area contributed by atoms with E-state index < -0.39 is 0 Å². The first-order valence-corrected chi connectivity index (χ1v) is 5.31. The van der Waals surface area contributed by atoms with Crippen LogP contribution in [0.25, 0.3) is 5.69 Å². The molecule has 15 heavy (non-hydrogen) atoms. The third-order valence-corrected chi connectivity index (χ3v) is 3.04. The fourth-order valence-corrected chi connectivity index (χ4v) is 1.89. The van der Waals surface area contributed by atoms with Crippen molar-refractivity contribution in [2.24, 2.45) is 0 Å². The van der Waals surface area contributed by atoms with Gasteiger partial charge in [0.2, 0.25) is 5.28 Å². The van der Waals surface area contributed by atoms with Crippen molar-refractivity contribution in [1.29, 1.82) is 0 Å². The summed E-state index contributed by atoms with van der Waals surface area (Å²) in [7, 11) is 0. The van der Waals surface area contributed by atoms with Gasteiger partial charge in [-0.05, 0) is 23.7 Å². The molecule has 0 radical (unpaired) electrons. The Labute approximate surface area is 106 Å². The highest BCUT2D eigenvalue weighted by molar-refractivity contribution is 6.43. The van der Waals surface area contributed by atoms with Crippen molar-refractivity contribution in [1.82, 2.24) is 14.8 Å². The second-order valence-corrected chi connectivity index (χ2v) is 4.25. The highest BCUT2D eigenvalue weighted by atomic mass is 35.5. The first-order valence-electron chi connectivity index (χ1n) is 3.80. The van der Waals surface area contributed by atoms with E-state index in [-0.39, 0.29) is 5.28 Å². The van der Waals surface area contributed by atoms with Crippen LogP contribution in [0.5, 0.6) is 0 Å². The molecular weight excluding hydrogens is 280 g/mol. The average molecular weight is 283 g/mol. The maximum atomic E-state index is 5.99. The van der Waals surface area contributed by atoms with Gasteiger partial charge in [-0.1, -0.05) is 34.8 Å². The van der Waals surface area contributed by atoms with E-state index in [1.807, 2.05) is 0 Å². The number of rotatable bonds is 1. The zero-order chi connectivity index (χ0) is 11.0. The lowest BCUT2D eigenvalue weighted by Gasteiger charge is -2.06. The molecule has 0 aliphatic heterocycles. The lowest BCUT2D eigenvalue weighted by Crippen LogP contribution is -1.93. The molecule has 0 spiro atoms. The Morgan fingerprint density at radius 1 is 0.933 bits per heavy atom. The zero-order valence-electron chi connectivity index (χ0n) is 7.09. The van der Waals surface area contributed by atoms with Crippen molar-refractivity contribution in [2.45, 2.75) is 0 Å². The molecule has 0 fully saturated rings. The van der Waals surface area contributed by atoms with E-state index in [0.717, 1.165) is 0 Å². The Morgan fingerprint density at radius 3 is 2.20 bits per heavy atom. The van der Waals surface area contributed by atoms with Gasteiger partial charge < -0.3 is 0 Å². The molecule has 0 saturated carbocycles. The van der Waals surface area contributed by atoms with E-state index in [1.54, 1.807) is 6.07 Å². The van der Waals surface area contributed by atoms with Crippen molar-refractivity contribution in [3.63, 3.8) is 0 Å². The van der Waals surface area contributed by atoms with E-state index in [9.17, 15) is 0 Å². The summed E-state index contributed by atoms with van der Waals surface area (Å²) in [4.78, 5) is 0. The van der Waals surface area contributed by atoms with Crippen LogP contribution in [0.1, 0.15) is 0 Å². The van der Waals surface area contributed by atoms with E-state index in [2.05, 4.69) is 10.2 Å². The van der Waals surface area contributed by atoms with Crippen LogP contribution in [0, 0.1) is 0 Å². The Kier molecular flexibility index (Phi) is 3.07. The van der Waals surface area contributed by atoms with Gasteiger partial charge in [0.15, 0.2) is 0 Å². The molecule has 1 aromatic carbocycles. The first kappa shape index (κ1) is 11.0. The number of aromatic nitrogens is 3. The molecule has 3 nitrogen and oxygen atoms in total. The predicted octanol–water partition coefficient (Wildman–Crippen LogP) is 3.88. The Bertz CT molecular complexity index is 509. The topological polar surface area (TPSA) is 30.7 Å². The van der Waals surface area contributed by atoms with Crippen molar-refractivity contribution in [3.05, 3.63) is 38.8 Å². The molecule has 0 unspecified atom stereocenters. The van der Waals surface area contributed by atoms with Gasteiger partial charge in [0.05, 0.1) is 20.8 Å². The summed E-state index contributed by atoms with van der Waals surface area (Å²) < 4.78 is 1.51. The first-order chi connectivity index (χ1) is 7.09. The van der Waals surface area contributed by atoms with E-state index in [0.29, 0.717) is 20.8 Å². The van der Waals surface area contributed by atoms with Gasteiger partial charge in [0.1, 0.15) is 6.33 Å². The van der Waals surface area contributed by atoms with Crippen LogP contribution in [-0.4, -0.2) is 14.8 Å². The lowest BCUT2D eigenvalue weighted by atomic mass is 10.3. The van der Waals surface area contributed by atoms with Gasteiger partial charge in [0.25, 0.3) is 0 Å². The number of benzene rings is 1. The van der Waals surface area contributed by atoms with Gasteiger partial charge in [0, 0.05) is 0 Å². The smallest absolute Gasteiger partial charge is 0.229 e. The summed E-state index contributed by atoms with van der Waals surface area (Å²) in [5.41, 5.74) is 0.584. The Hall–Kier alpha value is -0.480. The van der Waals surface area contributed by atoms with Gasteiger partial charge in [-0.2, -0.15) is 0 Å². The Morgan fingerprint density at radius 2 is 1.60 bits per heavy atom. The van der Waals surface area contributed by atoms with Gasteiger partial charge in [-0.3, -0.25) is 4.57 Å². The molecule has 0 bridgehead atoms. The highest BCUT2D eigenvalue weighted by Gasteiger charge is 2.10. The fourth-order valence-electron chi connectivity index (χ4n) is 1.08. The molecule has 78 valence electrons. The van der Waals surface area contributed by atoms with Crippen LogP contribution in [0.3, 0.4) is 0 Å². The van der Waals surface area contributed by atoms with Crippen molar-refractivity contribution < 1.29 is 0 Å². The largest absolute Gasteiger partial charge is 0.271 e. The molecular formula is C8H3Cl4N3. The van der Waals surface area contributed by atoms with Gasteiger partial charge in [-0.15, -0.1) is 10.2 Å². The maximum absolute atomic E-state index is 5.99. The lowest BCUT2D eigenvalue weighted by molar-refractivity contribution is 1.06. The average Bonchev–Trinajstić information content (AvgIpc) is 2.58. The third-order valence-electron chi connectivity index (χ3n) is 1.76. The predicted molar refractivity (Wildman–Crippen MR) is 61.4 cm³/mol. The molecule has 0 aliphatic rings. The highest BCUT2D eigenvalue weighted by Crippen LogP contribution is 2.31. The van der Waals surface area contributed by atoms with Gasteiger partial charge in [-0.25, -0.2) is 0 Å². The second-order valence-electron chi connectivity index (χ2n) is 2.69. The standard InChI is InChI=1S/C8H3Cl4N3/c9-4-1-6(11)7(2-5(4)10)15-3-13-14-8(15)12/h1-3H. The van der Waals surface area contributed by atoms with E-state index >= 15 is 0 Å². The van der Waals surface area contributed by atoms with Crippen LogP contribution < -0.4 is 0 Å². The van der Waals surface area contributed by atoms with Crippen LogP contribution in [0.2, 0.25) is 20.4 Å². The second kappa shape index (κ2) is 4.18. The summed E-state index contributed by atoms with van der Waals surface area (Å²) in [5, 5.41) is 8.67. The van der Waals surface area contributed by atoms with Crippen LogP contribution in [0.15, 0.2) is 18.5 Å². The SMILES string of the molecule is Clc1cc(Cl)c(-n2cnnc2Cl)cc1Cl. The molecule has 1 aromatic heterocycles. The minimum Gasteiger partial charge on any atom is -0.271 e. The van der Waals surface area contributed by atoms with Crippen LogP contribution in [-0.2, 0) is 0 Å². The quantitative estimate of drug-likeness (QED) is 0.743. The summed E-state index contributed by atoms with van der Waals surface area (Å²) in [6.45, 7) is 0. The molecule has 2 rings (SSSR count). The minimum atomic E-state index is 0.204. The van der Waals surface area contributed by atoms with E-state index in [1.165, 1.54) is 17.0 Å². The normalized spacial score (nSPS) is 10.7. The number of nitrogens with zero attached hydrogens (tertiary/aromatic N) is 3. The summed E-state index contributed by atoms with van der Waals surface area (Å²) in [6, 6.07) is 3.14. The molecule has 0 saturated heterocycles. The molecule has 1 heterocycles. The summed E-state index contributed by atoms with van der Waals surface area (Å²) in [6.07, 6.45) is 1.44. The number of hydrogen-bond acceptors (Lipinski definition) is 2. The molecule has 2 aromatic rings. The molecule has 0 N–H and O–H groups in total. The zero-order valence-corrected chi connectivity index (χ0v) is 10.1. The summed E-state index contributed by atoms with van der Waals surface area (Å²) >= 11 is 23.4. The molecule has 0 atom stereocenters. The minimum absolute atomic E-state index is 0.204. The van der Waals surface area contributed by atoms with Crippen molar-refractivity contribution in [2.75, 3.05) is 0 Å². The van der Waals surface area contributed by atoms with Crippen molar-refractivity contribution >= 4 is 46.4 Å². The van der Waals surface area contributed by atoms with Crippen LogP contribution in [0.4, 0.5) is 0 Å². The molecule has 0 amide bonds. The van der Waals surface area contributed by atoms with Crippen molar-refractivity contribution in [3.8, 4) is 5.69 Å². The summed E-state index contributed by atoms with van der Waals surface area (Å²) in [5.74, 6) is 0. The molecule has 7 heteroatoms. The molecule has 0 aliphatic carbocycles. The third kappa shape index (κ3) is 2.06. The number of halogens is 4.